The molecule has 18 heavy (non-hydrogen) atoms. The summed E-state index contributed by atoms with van der Waals surface area (Å²) in [6.45, 7) is 1.14. The van der Waals surface area contributed by atoms with Crippen LogP contribution in [0, 0.1) is 16.7 Å². The molecule has 0 unspecified atom stereocenters. The van der Waals surface area contributed by atoms with Crippen LogP contribution in [0.1, 0.15) is 18.4 Å². The van der Waals surface area contributed by atoms with Crippen LogP contribution in [-0.2, 0) is 9.84 Å². The second kappa shape index (κ2) is 4.38. The summed E-state index contributed by atoms with van der Waals surface area (Å²) in [5, 5.41) is 17.9. The number of nitriles is 1. The SMILES string of the molecule is CCS(=O)(=O)[C@H]1[C@H](c2ccccc2)[C@@]1(C#N)CO. The first-order valence-electron chi connectivity index (χ1n) is 5.82. The van der Waals surface area contributed by atoms with Crippen molar-refractivity contribution in [1.82, 2.24) is 0 Å². The molecule has 4 nitrogen and oxygen atoms in total. The van der Waals surface area contributed by atoms with Crippen molar-refractivity contribution in [2.75, 3.05) is 12.4 Å². The molecule has 1 aliphatic carbocycles. The molecule has 1 aromatic rings. The Bertz CT molecular complexity index is 576. The maximum atomic E-state index is 12.0. The van der Waals surface area contributed by atoms with Crippen molar-refractivity contribution >= 4 is 9.84 Å². The lowest BCUT2D eigenvalue weighted by Gasteiger charge is -2.03. The van der Waals surface area contributed by atoms with Crippen LogP contribution in [0.4, 0.5) is 0 Å². The molecule has 96 valence electrons. The average molecular weight is 265 g/mol. The van der Waals surface area contributed by atoms with Gasteiger partial charge in [0.15, 0.2) is 9.84 Å². The molecule has 0 bridgehead atoms. The second-order valence-electron chi connectivity index (χ2n) is 4.57. The summed E-state index contributed by atoms with van der Waals surface area (Å²) in [4.78, 5) is 0. The lowest BCUT2D eigenvalue weighted by atomic mass is 10.0. The molecule has 0 aliphatic heterocycles. The van der Waals surface area contributed by atoms with Gasteiger partial charge < -0.3 is 5.11 Å². The van der Waals surface area contributed by atoms with Gasteiger partial charge in [0.1, 0.15) is 5.41 Å². The number of hydrogen-bond donors (Lipinski definition) is 1. The minimum absolute atomic E-state index is 0.00949. The van der Waals surface area contributed by atoms with E-state index in [9.17, 15) is 18.8 Å². The summed E-state index contributed by atoms with van der Waals surface area (Å²) in [7, 11) is -3.34. The summed E-state index contributed by atoms with van der Waals surface area (Å²) in [6, 6.07) is 11.1. The monoisotopic (exact) mass is 265 g/mol. The third kappa shape index (κ3) is 1.73. The van der Waals surface area contributed by atoms with E-state index in [0.29, 0.717) is 0 Å². The maximum absolute atomic E-state index is 12.0. The highest BCUT2D eigenvalue weighted by Crippen LogP contribution is 2.62. The van der Waals surface area contributed by atoms with E-state index in [4.69, 9.17) is 0 Å². The number of aliphatic hydroxyl groups excluding tert-OH is 1. The van der Waals surface area contributed by atoms with E-state index in [2.05, 4.69) is 0 Å². The third-order valence-electron chi connectivity index (χ3n) is 3.67. The van der Waals surface area contributed by atoms with E-state index < -0.39 is 33.0 Å². The summed E-state index contributed by atoms with van der Waals surface area (Å²) in [5.74, 6) is -0.427. The molecule has 0 saturated heterocycles. The fourth-order valence-electron chi connectivity index (χ4n) is 2.60. The maximum Gasteiger partial charge on any atom is 0.155 e. The van der Waals surface area contributed by atoms with Crippen molar-refractivity contribution in [3.63, 3.8) is 0 Å². The van der Waals surface area contributed by atoms with E-state index in [1.165, 1.54) is 0 Å². The molecular weight excluding hydrogens is 250 g/mol. The number of hydrogen-bond acceptors (Lipinski definition) is 4. The highest BCUT2D eigenvalue weighted by atomic mass is 32.2. The molecule has 0 aromatic heterocycles. The lowest BCUT2D eigenvalue weighted by molar-refractivity contribution is 0.242. The van der Waals surface area contributed by atoms with Crippen LogP contribution < -0.4 is 0 Å². The number of rotatable bonds is 4. The average Bonchev–Trinajstić information content (AvgIpc) is 3.10. The minimum atomic E-state index is -3.34. The van der Waals surface area contributed by atoms with Gasteiger partial charge in [0.25, 0.3) is 0 Å². The summed E-state index contributed by atoms with van der Waals surface area (Å²) >= 11 is 0. The van der Waals surface area contributed by atoms with Crippen molar-refractivity contribution in [2.45, 2.75) is 18.1 Å². The van der Waals surface area contributed by atoms with Crippen LogP contribution in [0.5, 0.6) is 0 Å². The topological polar surface area (TPSA) is 78.2 Å². The molecule has 1 aromatic carbocycles. The molecule has 5 heteroatoms. The van der Waals surface area contributed by atoms with Crippen molar-refractivity contribution in [2.24, 2.45) is 5.41 Å². The van der Waals surface area contributed by atoms with E-state index in [1.54, 1.807) is 19.1 Å². The van der Waals surface area contributed by atoms with E-state index in [-0.39, 0.29) is 5.75 Å². The van der Waals surface area contributed by atoms with Crippen molar-refractivity contribution in [1.29, 1.82) is 5.26 Å². The molecule has 1 aliphatic rings. The molecule has 1 fully saturated rings. The van der Waals surface area contributed by atoms with Crippen LogP contribution in [0.2, 0.25) is 0 Å². The van der Waals surface area contributed by atoms with Gasteiger partial charge >= 0.3 is 0 Å². The van der Waals surface area contributed by atoms with Gasteiger partial charge in [0.05, 0.1) is 17.9 Å². The summed E-state index contributed by atoms with van der Waals surface area (Å²) < 4.78 is 24.0. The van der Waals surface area contributed by atoms with Crippen molar-refractivity contribution in [3.05, 3.63) is 35.9 Å². The predicted molar refractivity (Wildman–Crippen MR) is 67.6 cm³/mol. The standard InChI is InChI=1S/C13H15NO3S/c1-2-18(16,17)12-11(13(12,8-14)9-15)10-6-4-3-5-7-10/h3-7,11-12,15H,2,9H2,1H3/t11-,12-,13+/m0/s1. The molecule has 3 atom stereocenters. The minimum Gasteiger partial charge on any atom is -0.395 e. The Morgan fingerprint density at radius 1 is 1.39 bits per heavy atom. The predicted octanol–water partition coefficient (Wildman–Crippen LogP) is 1.09. The number of aliphatic hydroxyl groups is 1. The second-order valence-corrected chi connectivity index (χ2v) is 6.98. The summed E-state index contributed by atoms with van der Waals surface area (Å²) in [6.07, 6.45) is 0. The van der Waals surface area contributed by atoms with Crippen LogP contribution in [-0.4, -0.2) is 31.1 Å². The summed E-state index contributed by atoms with van der Waals surface area (Å²) in [5.41, 5.74) is -0.369. The lowest BCUT2D eigenvalue weighted by Crippen LogP contribution is -2.19. The van der Waals surface area contributed by atoms with E-state index in [1.807, 2.05) is 24.3 Å². The van der Waals surface area contributed by atoms with Crippen LogP contribution in [0.3, 0.4) is 0 Å². The van der Waals surface area contributed by atoms with Gasteiger partial charge in [0.2, 0.25) is 0 Å². The molecule has 0 radical (unpaired) electrons. The largest absolute Gasteiger partial charge is 0.395 e. The number of sulfone groups is 1. The molecule has 1 N–H and O–H groups in total. The zero-order chi connectivity index (χ0) is 13.4. The van der Waals surface area contributed by atoms with Gasteiger partial charge in [-0.05, 0) is 5.56 Å². The normalized spacial score (nSPS) is 30.7. The quantitative estimate of drug-likeness (QED) is 0.884. The molecule has 0 heterocycles. The first-order valence-corrected chi connectivity index (χ1v) is 7.53. The Hall–Kier alpha value is -1.38. The fraction of sp³-hybridized carbons (Fsp3) is 0.462. The molecule has 1 saturated carbocycles. The van der Waals surface area contributed by atoms with Gasteiger partial charge in [-0.15, -0.1) is 0 Å². The van der Waals surface area contributed by atoms with E-state index in [0.717, 1.165) is 5.56 Å². The Labute approximate surface area is 107 Å². The van der Waals surface area contributed by atoms with Crippen LogP contribution in [0.25, 0.3) is 0 Å². The fourth-order valence-corrected chi connectivity index (χ4v) is 4.61. The zero-order valence-corrected chi connectivity index (χ0v) is 10.9. The van der Waals surface area contributed by atoms with Crippen LogP contribution in [0.15, 0.2) is 30.3 Å². The van der Waals surface area contributed by atoms with Crippen molar-refractivity contribution < 1.29 is 13.5 Å². The molecular formula is C13H15NO3S. The smallest absolute Gasteiger partial charge is 0.155 e. The van der Waals surface area contributed by atoms with Gasteiger partial charge in [-0.1, -0.05) is 37.3 Å². The molecule has 0 amide bonds. The first-order chi connectivity index (χ1) is 8.53. The number of benzene rings is 1. The third-order valence-corrected chi connectivity index (χ3v) is 5.95. The van der Waals surface area contributed by atoms with Gasteiger partial charge in [0, 0.05) is 11.7 Å². The van der Waals surface area contributed by atoms with Gasteiger partial charge in [-0.25, -0.2) is 8.42 Å². The van der Waals surface area contributed by atoms with Gasteiger partial charge in [-0.2, -0.15) is 5.26 Å². The highest BCUT2D eigenvalue weighted by molar-refractivity contribution is 7.92. The molecule has 0 spiro atoms. The van der Waals surface area contributed by atoms with E-state index >= 15 is 0 Å². The zero-order valence-electron chi connectivity index (χ0n) is 10.1. The van der Waals surface area contributed by atoms with Gasteiger partial charge in [-0.3, -0.25) is 0 Å². The Morgan fingerprint density at radius 3 is 2.44 bits per heavy atom. The Morgan fingerprint density at radius 2 is 2.00 bits per heavy atom. The highest BCUT2D eigenvalue weighted by Gasteiger charge is 2.71. The Kier molecular flexibility index (Phi) is 3.18. The Balaban J connectivity index is 2.46. The van der Waals surface area contributed by atoms with Crippen LogP contribution >= 0.6 is 0 Å². The molecule has 2 rings (SSSR count). The number of nitrogens with zero attached hydrogens (tertiary/aromatic N) is 1. The first kappa shape index (κ1) is 13.1. The van der Waals surface area contributed by atoms with Crippen molar-refractivity contribution in [3.8, 4) is 6.07 Å².